The van der Waals surface area contributed by atoms with Crippen molar-refractivity contribution >= 4 is 0 Å². The molecule has 8 heavy (non-hydrogen) atoms. The Labute approximate surface area is 59.3 Å². The van der Waals surface area contributed by atoms with Crippen molar-refractivity contribution in [2.75, 3.05) is 0 Å². The fourth-order valence-corrected chi connectivity index (χ4v) is 0.448. The molecule has 0 amide bonds. The van der Waals surface area contributed by atoms with Gasteiger partial charge in [-0.2, -0.15) is 0 Å². The molecule has 1 rings (SSSR count). The van der Waals surface area contributed by atoms with Gasteiger partial charge in [0.15, 0.2) is 0 Å². The Balaban J connectivity index is 0.000000490. The molecule has 2 heteroatoms. The molecule has 0 aliphatic heterocycles. The summed E-state index contributed by atoms with van der Waals surface area (Å²) >= 11 is 0. The second-order valence-electron chi connectivity index (χ2n) is 1.47. The average molecular weight is 152 g/mol. The number of hydrogen-bond acceptors (Lipinski definition) is 1. The van der Waals surface area contributed by atoms with Gasteiger partial charge in [0.1, 0.15) is 0 Å². The van der Waals surface area contributed by atoms with E-state index in [0.29, 0.717) is 0 Å². The number of pyridine rings is 1. The zero-order valence-corrected chi connectivity index (χ0v) is 5.63. The Bertz CT molecular complexity index is 138. The van der Waals surface area contributed by atoms with Gasteiger partial charge in [-0.05, 0) is 19.1 Å². The van der Waals surface area contributed by atoms with Crippen molar-refractivity contribution in [1.82, 2.24) is 4.98 Å². The van der Waals surface area contributed by atoms with Crippen LogP contribution in [0, 0.1) is 6.92 Å². The van der Waals surface area contributed by atoms with Gasteiger partial charge in [0, 0.05) is 28.7 Å². The molecule has 45 valence electrons. The fraction of sp³-hybridized carbons (Fsp3) is 0.167. The van der Waals surface area contributed by atoms with Gasteiger partial charge < -0.3 is 0 Å². The largest absolute Gasteiger partial charge is 0.262 e. The first-order valence-corrected chi connectivity index (χ1v) is 2.27. The first kappa shape index (κ1) is 7.66. The topological polar surface area (TPSA) is 12.9 Å². The molecule has 0 bridgehead atoms. The van der Waals surface area contributed by atoms with Crippen molar-refractivity contribution in [3.8, 4) is 0 Å². The van der Waals surface area contributed by atoms with Crippen molar-refractivity contribution in [1.29, 1.82) is 0 Å². The Morgan fingerprint density at radius 2 is 2.12 bits per heavy atom. The molecular weight excluding hydrogens is 145 g/mol. The van der Waals surface area contributed by atoms with Crippen LogP contribution in [0.25, 0.3) is 0 Å². The molecule has 1 aromatic rings. The van der Waals surface area contributed by atoms with E-state index in [9.17, 15) is 0 Å². The third-order valence-electron chi connectivity index (χ3n) is 0.813. The van der Waals surface area contributed by atoms with Crippen molar-refractivity contribution in [2.24, 2.45) is 0 Å². The second-order valence-corrected chi connectivity index (χ2v) is 1.47. The van der Waals surface area contributed by atoms with Crippen molar-refractivity contribution in [3.63, 3.8) is 0 Å². The number of nitrogens with zero attached hydrogens (tertiary/aromatic N) is 1. The van der Waals surface area contributed by atoms with Gasteiger partial charge >= 0.3 is 0 Å². The molecule has 1 radical (unpaired) electrons. The van der Waals surface area contributed by atoms with Crippen LogP contribution in [0.15, 0.2) is 24.4 Å². The maximum Gasteiger partial charge on any atom is 0.0372 e. The molecule has 1 heterocycles. The minimum atomic E-state index is 0. The quantitative estimate of drug-likeness (QED) is 0.547. The van der Waals surface area contributed by atoms with E-state index in [4.69, 9.17) is 0 Å². The normalized spacial score (nSPS) is 7.62. The first-order valence-electron chi connectivity index (χ1n) is 2.27. The molecule has 0 saturated heterocycles. The van der Waals surface area contributed by atoms with E-state index in [1.54, 1.807) is 6.20 Å². The average Bonchev–Trinajstić information content (AvgIpc) is 1.69. The predicted octanol–water partition coefficient (Wildman–Crippen LogP) is 1.39. The molecular formula is C6H7CoN. The Hall–Kier alpha value is -0.344. The van der Waals surface area contributed by atoms with Crippen molar-refractivity contribution < 1.29 is 16.8 Å². The zero-order valence-electron chi connectivity index (χ0n) is 4.59. The SMILES string of the molecule is Cc1ccccn1.[Co]. The summed E-state index contributed by atoms with van der Waals surface area (Å²) in [6.07, 6.45) is 1.79. The van der Waals surface area contributed by atoms with Crippen LogP contribution in [-0.2, 0) is 16.8 Å². The first-order chi connectivity index (χ1) is 3.39. The molecule has 0 saturated carbocycles. The Morgan fingerprint density at radius 1 is 1.38 bits per heavy atom. The second kappa shape index (κ2) is 3.63. The van der Waals surface area contributed by atoms with E-state index < -0.39 is 0 Å². The van der Waals surface area contributed by atoms with Crippen LogP contribution in [0.5, 0.6) is 0 Å². The predicted molar refractivity (Wildman–Crippen MR) is 29.0 cm³/mol. The summed E-state index contributed by atoms with van der Waals surface area (Å²) in [5, 5.41) is 0. The van der Waals surface area contributed by atoms with Crippen molar-refractivity contribution in [2.45, 2.75) is 6.92 Å². The molecule has 1 aromatic heterocycles. The van der Waals surface area contributed by atoms with E-state index in [1.807, 2.05) is 25.1 Å². The van der Waals surface area contributed by atoms with E-state index in [0.717, 1.165) is 5.69 Å². The van der Waals surface area contributed by atoms with Crippen LogP contribution in [0.3, 0.4) is 0 Å². The summed E-state index contributed by atoms with van der Waals surface area (Å²) in [7, 11) is 0. The standard InChI is InChI=1S/C6H7N.Co/c1-6-4-2-3-5-7-6;/h2-5H,1H3;. The summed E-state index contributed by atoms with van der Waals surface area (Å²) in [5.74, 6) is 0. The van der Waals surface area contributed by atoms with Crippen LogP contribution in [0.2, 0.25) is 0 Å². The number of aryl methyl sites for hydroxylation is 1. The van der Waals surface area contributed by atoms with Gasteiger partial charge in [0.05, 0.1) is 0 Å². The fourth-order valence-electron chi connectivity index (χ4n) is 0.448. The van der Waals surface area contributed by atoms with Gasteiger partial charge in [-0.15, -0.1) is 0 Å². The van der Waals surface area contributed by atoms with E-state index in [-0.39, 0.29) is 16.8 Å². The van der Waals surface area contributed by atoms with Gasteiger partial charge in [-0.1, -0.05) is 6.07 Å². The third kappa shape index (κ3) is 2.09. The maximum absolute atomic E-state index is 3.98. The molecule has 0 spiro atoms. The van der Waals surface area contributed by atoms with Gasteiger partial charge in [0.2, 0.25) is 0 Å². The van der Waals surface area contributed by atoms with E-state index in [1.165, 1.54) is 0 Å². The number of hydrogen-bond donors (Lipinski definition) is 0. The molecule has 0 unspecified atom stereocenters. The minimum absolute atomic E-state index is 0. The summed E-state index contributed by atoms with van der Waals surface area (Å²) in [6, 6.07) is 5.86. The monoisotopic (exact) mass is 152 g/mol. The smallest absolute Gasteiger partial charge is 0.0372 e. The molecule has 0 atom stereocenters. The molecule has 0 aromatic carbocycles. The summed E-state index contributed by atoms with van der Waals surface area (Å²) in [6.45, 7) is 1.97. The third-order valence-corrected chi connectivity index (χ3v) is 0.813. The van der Waals surface area contributed by atoms with Crippen LogP contribution < -0.4 is 0 Å². The summed E-state index contributed by atoms with van der Waals surface area (Å²) in [5.41, 5.74) is 1.07. The van der Waals surface area contributed by atoms with Crippen LogP contribution in [0.1, 0.15) is 5.69 Å². The summed E-state index contributed by atoms with van der Waals surface area (Å²) in [4.78, 5) is 3.98. The summed E-state index contributed by atoms with van der Waals surface area (Å²) < 4.78 is 0. The maximum atomic E-state index is 3.98. The van der Waals surface area contributed by atoms with Crippen molar-refractivity contribution in [3.05, 3.63) is 30.1 Å². The Morgan fingerprint density at radius 3 is 2.38 bits per heavy atom. The molecule has 1 nitrogen and oxygen atoms in total. The van der Waals surface area contributed by atoms with Crippen LogP contribution in [0.4, 0.5) is 0 Å². The number of rotatable bonds is 0. The van der Waals surface area contributed by atoms with Crippen LogP contribution in [-0.4, -0.2) is 4.98 Å². The van der Waals surface area contributed by atoms with Crippen LogP contribution >= 0.6 is 0 Å². The van der Waals surface area contributed by atoms with E-state index >= 15 is 0 Å². The van der Waals surface area contributed by atoms with Gasteiger partial charge in [-0.25, -0.2) is 0 Å². The van der Waals surface area contributed by atoms with Gasteiger partial charge in [-0.3, -0.25) is 4.98 Å². The molecule has 0 aliphatic rings. The molecule has 0 fully saturated rings. The van der Waals surface area contributed by atoms with E-state index in [2.05, 4.69) is 4.98 Å². The molecule has 0 N–H and O–H groups in total. The Kier molecular flexibility index (Phi) is 3.48. The van der Waals surface area contributed by atoms with Gasteiger partial charge in [0.25, 0.3) is 0 Å². The zero-order chi connectivity index (χ0) is 5.11. The minimum Gasteiger partial charge on any atom is -0.262 e. The number of aromatic nitrogens is 1. The molecule has 0 aliphatic carbocycles.